The van der Waals surface area contributed by atoms with Crippen molar-refractivity contribution in [3.05, 3.63) is 28.8 Å². The number of aryl methyl sites for hydroxylation is 1. The van der Waals surface area contributed by atoms with Gasteiger partial charge in [-0.3, -0.25) is 4.79 Å². The minimum Gasteiger partial charge on any atom is -0.489 e. The van der Waals surface area contributed by atoms with Gasteiger partial charge in [0.15, 0.2) is 0 Å². The van der Waals surface area contributed by atoms with Crippen LogP contribution in [0.5, 0.6) is 5.75 Å². The van der Waals surface area contributed by atoms with E-state index in [4.69, 9.17) is 21.4 Å². The molecule has 0 aromatic heterocycles. The molecule has 23 heavy (non-hydrogen) atoms. The molecule has 2 rings (SSSR count). The SMILES string of the molecule is CCCCCCCc1ccc(O[C@H]2CN[C@H](C(=O)O)C2)cc1Cl. The minimum atomic E-state index is -0.826. The zero-order valence-corrected chi connectivity index (χ0v) is 14.4. The highest BCUT2D eigenvalue weighted by molar-refractivity contribution is 6.31. The number of hydrogen-bond acceptors (Lipinski definition) is 3. The van der Waals surface area contributed by atoms with Gasteiger partial charge in [0.25, 0.3) is 0 Å². The van der Waals surface area contributed by atoms with E-state index < -0.39 is 12.0 Å². The summed E-state index contributed by atoms with van der Waals surface area (Å²) >= 11 is 6.34. The first-order chi connectivity index (χ1) is 11.1. The van der Waals surface area contributed by atoms with Crippen molar-refractivity contribution in [2.75, 3.05) is 6.54 Å². The van der Waals surface area contributed by atoms with Crippen molar-refractivity contribution in [1.29, 1.82) is 0 Å². The lowest BCUT2D eigenvalue weighted by Gasteiger charge is -2.14. The average molecular weight is 340 g/mol. The molecule has 0 spiro atoms. The molecule has 1 saturated heterocycles. The number of aliphatic carboxylic acids is 1. The lowest BCUT2D eigenvalue weighted by atomic mass is 10.1. The van der Waals surface area contributed by atoms with Gasteiger partial charge in [0.1, 0.15) is 17.9 Å². The Balaban J connectivity index is 1.81. The van der Waals surface area contributed by atoms with Gasteiger partial charge in [0.2, 0.25) is 0 Å². The molecular weight excluding hydrogens is 314 g/mol. The van der Waals surface area contributed by atoms with Crippen LogP contribution < -0.4 is 10.1 Å². The Morgan fingerprint density at radius 1 is 1.35 bits per heavy atom. The van der Waals surface area contributed by atoms with E-state index in [9.17, 15) is 4.79 Å². The zero-order valence-electron chi connectivity index (χ0n) is 13.7. The molecule has 0 amide bonds. The normalized spacial score (nSPS) is 20.6. The van der Waals surface area contributed by atoms with Crippen molar-refractivity contribution < 1.29 is 14.6 Å². The molecule has 0 bridgehead atoms. The number of carbonyl (C=O) groups is 1. The Morgan fingerprint density at radius 3 is 2.78 bits per heavy atom. The summed E-state index contributed by atoms with van der Waals surface area (Å²) in [7, 11) is 0. The third kappa shape index (κ3) is 5.70. The van der Waals surface area contributed by atoms with Gasteiger partial charge in [-0.1, -0.05) is 50.3 Å². The van der Waals surface area contributed by atoms with Gasteiger partial charge in [-0.15, -0.1) is 0 Å². The number of carboxylic acids is 1. The number of benzene rings is 1. The van der Waals surface area contributed by atoms with E-state index in [-0.39, 0.29) is 6.10 Å². The first-order valence-electron chi connectivity index (χ1n) is 8.51. The van der Waals surface area contributed by atoms with E-state index in [0.29, 0.717) is 18.7 Å². The average Bonchev–Trinajstić information content (AvgIpc) is 2.98. The topological polar surface area (TPSA) is 58.6 Å². The van der Waals surface area contributed by atoms with Gasteiger partial charge >= 0.3 is 5.97 Å². The summed E-state index contributed by atoms with van der Waals surface area (Å²) in [4.78, 5) is 10.9. The van der Waals surface area contributed by atoms with Gasteiger partial charge in [-0.25, -0.2) is 0 Å². The molecule has 1 aliphatic heterocycles. The van der Waals surface area contributed by atoms with Crippen molar-refractivity contribution in [3.63, 3.8) is 0 Å². The Morgan fingerprint density at radius 2 is 2.13 bits per heavy atom. The smallest absolute Gasteiger partial charge is 0.320 e. The molecule has 1 fully saturated rings. The first kappa shape index (κ1) is 18.1. The highest BCUT2D eigenvalue weighted by atomic mass is 35.5. The van der Waals surface area contributed by atoms with Gasteiger partial charge in [0.05, 0.1) is 0 Å². The lowest BCUT2D eigenvalue weighted by molar-refractivity contribution is -0.139. The molecule has 4 nitrogen and oxygen atoms in total. The second-order valence-electron chi connectivity index (χ2n) is 6.19. The molecule has 0 unspecified atom stereocenters. The van der Waals surface area contributed by atoms with Crippen LogP contribution in [-0.4, -0.2) is 29.8 Å². The first-order valence-corrected chi connectivity index (χ1v) is 8.89. The number of halogens is 1. The summed E-state index contributed by atoms with van der Waals surface area (Å²) < 4.78 is 5.84. The van der Waals surface area contributed by atoms with Crippen LogP contribution in [-0.2, 0) is 11.2 Å². The fraction of sp³-hybridized carbons (Fsp3) is 0.611. The second-order valence-corrected chi connectivity index (χ2v) is 6.60. The molecular formula is C18H26ClNO3. The van der Waals surface area contributed by atoms with E-state index in [1.165, 1.54) is 25.7 Å². The van der Waals surface area contributed by atoms with Crippen molar-refractivity contribution in [2.24, 2.45) is 0 Å². The summed E-state index contributed by atoms with van der Waals surface area (Å²) in [5.41, 5.74) is 1.16. The molecule has 0 radical (unpaired) electrons. The third-order valence-corrected chi connectivity index (χ3v) is 4.62. The van der Waals surface area contributed by atoms with Gasteiger partial charge in [-0.05, 0) is 30.5 Å². The quantitative estimate of drug-likeness (QED) is 0.666. The minimum absolute atomic E-state index is 0.118. The second kappa shape index (κ2) is 9.14. The van der Waals surface area contributed by atoms with Crippen molar-refractivity contribution in [2.45, 2.75) is 64.0 Å². The molecule has 1 heterocycles. The molecule has 128 valence electrons. The fourth-order valence-corrected chi connectivity index (χ4v) is 3.16. The van der Waals surface area contributed by atoms with Gasteiger partial charge < -0.3 is 15.2 Å². The molecule has 0 aliphatic carbocycles. The summed E-state index contributed by atoms with van der Waals surface area (Å²) in [6.45, 7) is 2.77. The van der Waals surface area contributed by atoms with Crippen LogP contribution in [0.25, 0.3) is 0 Å². The fourth-order valence-electron chi connectivity index (χ4n) is 2.90. The number of unbranched alkanes of at least 4 members (excludes halogenated alkanes) is 4. The Bertz CT molecular complexity index is 521. The predicted octanol–water partition coefficient (Wildman–Crippen LogP) is 4.05. The zero-order chi connectivity index (χ0) is 16.7. The van der Waals surface area contributed by atoms with E-state index in [1.54, 1.807) is 0 Å². The summed E-state index contributed by atoms with van der Waals surface area (Å²) in [5.74, 6) is -0.116. The van der Waals surface area contributed by atoms with E-state index in [0.717, 1.165) is 23.4 Å². The van der Waals surface area contributed by atoms with E-state index in [2.05, 4.69) is 12.2 Å². The van der Waals surface area contributed by atoms with Crippen molar-refractivity contribution in [1.82, 2.24) is 5.32 Å². The summed E-state index contributed by atoms with van der Waals surface area (Å²) in [6.07, 6.45) is 7.60. The van der Waals surface area contributed by atoms with Crippen LogP contribution >= 0.6 is 11.6 Å². The van der Waals surface area contributed by atoms with Crippen LogP contribution in [0.1, 0.15) is 51.0 Å². The Labute approximate surface area is 143 Å². The highest BCUT2D eigenvalue weighted by Crippen LogP contribution is 2.26. The molecule has 2 atom stereocenters. The summed E-state index contributed by atoms with van der Waals surface area (Å²) in [5, 5.41) is 12.6. The standard InChI is InChI=1S/C18H26ClNO3/c1-2-3-4-5-6-7-13-8-9-14(10-16(13)19)23-15-11-17(18(21)22)20-12-15/h8-10,15,17,20H,2-7,11-12H2,1H3,(H,21,22)/t15-,17+/m1/s1. The molecule has 1 aromatic rings. The monoisotopic (exact) mass is 339 g/mol. The summed E-state index contributed by atoms with van der Waals surface area (Å²) in [6, 6.07) is 5.28. The third-order valence-electron chi connectivity index (χ3n) is 4.27. The molecule has 5 heteroatoms. The van der Waals surface area contributed by atoms with Crippen LogP contribution in [0, 0.1) is 0 Å². The lowest BCUT2D eigenvalue weighted by Crippen LogP contribution is -2.30. The van der Waals surface area contributed by atoms with Crippen molar-refractivity contribution in [3.8, 4) is 5.75 Å². The number of nitrogens with one attached hydrogen (secondary N) is 1. The van der Waals surface area contributed by atoms with Crippen molar-refractivity contribution >= 4 is 17.6 Å². The number of ether oxygens (including phenoxy) is 1. The molecule has 1 aliphatic rings. The molecule has 0 saturated carbocycles. The Kier molecular flexibility index (Phi) is 7.18. The van der Waals surface area contributed by atoms with Crippen LogP contribution in [0.15, 0.2) is 18.2 Å². The van der Waals surface area contributed by atoms with E-state index >= 15 is 0 Å². The Hall–Kier alpha value is -1.26. The number of carboxylic acid groups (broad SMARTS) is 1. The van der Waals surface area contributed by atoms with Crippen LogP contribution in [0.4, 0.5) is 0 Å². The predicted molar refractivity (Wildman–Crippen MR) is 92.4 cm³/mol. The maximum atomic E-state index is 10.9. The molecule has 1 aromatic carbocycles. The van der Waals surface area contributed by atoms with Crippen LogP contribution in [0.2, 0.25) is 5.02 Å². The highest BCUT2D eigenvalue weighted by Gasteiger charge is 2.30. The number of rotatable bonds is 9. The molecule has 2 N–H and O–H groups in total. The van der Waals surface area contributed by atoms with Crippen LogP contribution in [0.3, 0.4) is 0 Å². The maximum Gasteiger partial charge on any atom is 0.320 e. The maximum absolute atomic E-state index is 10.9. The van der Waals surface area contributed by atoms with E-state index in [1.807, 2.05) is 18.2 Å². The van der Waals surface area contributed by atoms with Gasteiger partial charge in [0, 0.05) is 18.0 Å². The largest absolute Gasteiger partial charge is 0.489 e. The van der Waals surface area contributed by atoms with Gasteiger partial charge in [-0.2, -0.15) is 0 Å². The number of hydrogen-bond donors (Lipinski definition) is 2.